The van der Waals surface area contributed by atoms with E-state index in [-0.39, 0.29) is 5.91 Å². The molecular formula is C9H10N2O2. The molecule has 0 aliphatic rings. The van der Waals surface area contributed by atoms with Gasteiger partial charge >= 0.3 is 0 Å². The SMILES string of the molecule is CC(C#N)N(C)C(=O)c1ccoc1. The van der Waals surface area contributed by atoms with Crippen molar-refractivity contribution in [3.63, 3.8) is 0 Å². The van der Waals surface area contributed by atoms with E-state index >= 15 is 0 Å². The fourth-order valence-corrected chi connectivity index (χ4v) is 0.852. The topological polar surface area (TPSA) is 57.2 Å². The second kappa shape index (κ2) is 3.76. The maximum Gasteiger partial charge on any atom is 0.257 e. The lowest BCUT2D eigenvalue weighted by atomic mass is 10.2. The van der Waals surface area contributed by atoms with Gasteiger partial charge in [-0.1, -0.05) is 0 Å². The van der Waals surface area contributed by atoms with E-state index in [1.54, 1.807) is 20.0 Å². The van der Waals surface area contributed by atoms with Crippen molar-refractivity contribution in [1.82, 2.24) is 4.90 Å². The van der Waals surface area contributed by atoms with Crippen LogP contribution in [0.2, 0.25) is 0 Å². The van der Waals surface area contributed by atoms with Crippen LogP contribution in [-0.4, -0.2) is 23.9 Å². The van der Waals surface area contributed by atoms with E-state index in [4.69, 9.17) is 9.68 Å². The second-order valence-electron chi connectivity index (χ2n) is 2.73. The standard InChI is InChI=1S/C9H10N2O2/c1-7(5-10)11(2)9(12)8-3-4-13-6-8/h3-4,6-7H,1-2H3. The highest BCUT2D eigenvalue weighted by Gasteiger charge is 2.17. The minimum absolute atomic E-state index is 0.206. The highest BCUT2D eigenvalue weighted by molar-refractivity contribution is 5.93. The minimum Gasteiger partial charge on any atom is -0.472 e. The summed E-state index contributed by atoms with van der Waals surface area (Å²) in [5, 5.41) is 8.58. The molecule has 0 bridgehead atoms. The molecule has 0 fully saturated rings. The summed E-state index contributed by atoms with van der Waals surface area (Å²) in [6.07, 6.45) is 2.79. The number of nitrogens with zero attached hydrogens (tertiary/aromatic N) is 2. The molecule has 0 spiro atoms. The van der Waals surface area contributed by atoms with Crippen molar-refractivity contribution in [2.75, 3.05) is 7.05 Å². The Balaban J connectivity index is 2.75. The van der Waals surface area contributed by atoms with Crippen LogP contribution >= 0.6 is 0 Å². The Hall–Kier alpha value is -1.76. The number of hydrogen-bond acceptors (Lipinski definition) is 3. The van der Waals surface area contributed by atoms with Crippen LogP contribution in [0.1, 0.15) is 17.3 Å². The van der Waals surface area contributed by atoms with Crippen molar-refractivity contribution in [3.8, 4) is 6.07 Å². The largest absolute Gasteiger partial charge is 0.472 e. The first kappa shape index (κ1) is 9.33. The average molecular weight is 178 g/mol. The van der Waals surface area contributed by atoms with Crippen LogP contribution in [0.3, 0.4) is 0 Å². The van der Waals surface area contributed by atoms with E-state index in [1.165, 1.54) is 17.4 Å². The monoisotopic (exact) mass is 178 g/mol. The smallest absolute Gasteiger partial charge is 0.257 e. The van der Waals surface area contributed by atoms with Crippen molar-refractivity contribution >= 4 is 5.91 Å². The van der Waals surface area contributed by atoms with Gasteiger partial charge in [0.1, 0.15) is 12.3 Å². The predicted octanol–water partition coefficient (Wildman–Crippen LogP) is 1.26. The van der Waals surface area contributed by atoms with Crippen LogP contribution < -0.4 is 0 Å². The number of amides is 1. The van der Waals surface area contributed by atoms with Crippen molar-refractivity contribution in [3.05, 3.63) is 24.2 Å². The van der Waals surface area contributed by atoms with Gasteiger partial charge in [-0.3, -0.25) is 4.79 Å². The predicted molar refractivity (Wildman–Crippen MR) is 45.9 cm³/mol. The van der Waals surface area contributed by atoms with Crippen molar-refractivity contribution in [2.45, 2.75) is 13.0 Å². The Bertz CT molecular complexity index is 324. The van der Waals surface area contributed by atoms with E-state index in [0.29, 0.717) is 5.56 Å². The number of furan rings is 1. The third-order valence-corrected chi connectivity index (χ3v) is 1.86. The third kappa shape index (κ3) is 1.88. The lowest BCUT2D eigenvalue weighted by Crippen LogP contribution is -2.33. The first-order valence-electron chi connectivity index (χ1n) is 3.85. The van der Waals surface area contributed by atoms with Gasteiger partial charge in [0.05, 0.1) is 17.9 Å². The molecule has 4 heteroatoms. The van der Waals surface area contributed by atoms with Crippen LogP contribution in [0.5, 0.6) is 0 Å². The molecule has 68 valence electrons. The van der Waals surface area contributed by atoms with E-state index in [0.717, 1.165) is 0 Å². The molecule has 1 rings (SSSR count). The average Bonchev–Trinajstić information content (AvgIpc) is 2.67. The molecule has 0 saturated heterocycles. The molecule has 0 N–H and O–H groups in total. The van der Waals surface area contributed by atoms with Crippen LogP contribution in [0, 0.1) is 11.3 Å². The summed E-state index contributed by atoms with van der Waals surface area (Å²) in [7, 11) is 1.59. The molecule has 0 radical (unpaired) electrons. The highest BCUT2D eigenvalue weighted by atomic mass is 16.3. The summed E-state index contributed by atoms with van der Waals surface area (Å²) < 4.78 is 4.77. The molecule has 1 aromatic heterocycles. The van der Waals surface area contributed by atoms with Crippen molar-refractivity contribution in [2.24, 2.45) is 0 Å². The summed E-state index contributed by atoms with van der Waals surface area (Å²) in [6.45, 7) is 1.66. The van der Waals surface area contributed by atoms with Gasteiger partial charge in [0.15, 0.2) is 0 Å². The summed E-state index contributed by atoms with van der Waals surface area (Å²) in [4.78, 5) is 12.9. The second-order valence-corrected chi connectivity index (χ2v) is 2.73. The zero-order chi connectivity index (χ0) is 9.84. The van der Waals surface area contributed by atoms with Gasteiger partial charge in [0.2, 0.25) is 0 Å². The number of nitriles is 1. The highest BCUT2D eigenvalue weighted by Crippen LogP contribution is 2.06. The van der Waals surface area contributed by atoms with Crippen molar-refractivity contribution < 1.29 is 9.21 Å². The summed E-state index contributed by atoms with van der Waals surface area (Å²) >= 11 is 0. The summed E-state index contributed by atoms with van der Waals surface area (Å²) in [5.41, 5.74) is 0.463. The van der Waals surface area contributed by atoms with Gasteiger partial charge in [-0.05, 0) is 13.0 Å². The van der Waals surface area contributed by atoms with Crippen molar-refractivity contribution in [1.29, 1.82) is 5.26 Å². The molecule has 1 heterocycles. The third-order valence-electron chi connectivity index (χ3n) is 1.86. The van der Waals surface area contributed by atoms with Crippen LogP contribution in [-0.2, 0) is 0 Å². The molecule has 1 unspecified atom stereocenters. The molecule has 4 nitrogen and oxygen atoms in total. The van der Waals surface area contributed by atoms with Gasteiger partial charge in [-0.2, -0.15) is 5.26 Å². The summed E-state index contributed by atoms with van der Waals surface area (Å²) in [5.74, 6) is -0.206. The van der Waals surface area contributed by atoms with E-state index in [1.807, 2.05) is 6.07 Å². The van der Waals surface area contributed by atoms with Gasteiger partial charge in [0.25, 0.3) is 5.91 Å². The van der Waals surface area contributed by atoms with Crippen LogP contribution in [0.4, 0.5) is 0 Å². The van der Waals surface area contributed by atoms with Gasteiger partial charge in [0, 0.05) is 7.05 Å². The Morgan fingerprint density at radius 2 is 2.46 bits per heavy atom. The molecule has 1 amide bonds. The Kier molecular flexibility index (Phi) is 2.70. The molecule has 13 heavy (non-hydrogen) atoms. The molecule has 1 atom stereocenters. The fraction of sp³-hybridized carbons (Fsp3) is 0.333. The number of carbonyl (C=O) groups excluding carboxylic acids is 1. The zero-order valence-electron chi connectivity index (χ0n) is 7.52. The maximum atomic E-state index is 11.5. The van der Waals surface area contributed by atoms with Gasteiger partial charge < -0.3 is 9.32 Å². The first-order chi connectivity index (χ1) is 6.16. The molecule has 0 aliphatic heterocycles. The molecule has 1 aromatic rings. The number of hydrogen-bond donors (Lipinski definition) is 0. The molecule has 0 saturated carbocycles. The maximum absolute atomic E-state index is 11.5. The Morgan fingerprint density at radius 1 is 1.77 bits per heavy atom. The Labute approximate surface area is 76.4 Å². The fourth-order valence-electron chi connectivity index (χ4n) is 0.852. The van der Waals surface area contributed by atoms with E-state index < -0.39 is 6.04 Å². The van der Waals surface area contributed by atoms with E-state index in [2.05, 4.69) is 0 Å². The number of carbonyl (C=O) groups is 1. The van der Waals surface area contributed by atoms with E-state index in [9.17, 15) is 4.79 Å². The molecular weight excluding hydrogens is 168 g/mol. The van der Waals surface area contributed by atoms with Gasteiger partial charge in [-0.15, -0.1) is 0 Å². The first-order valence-corrected chi connectivity index (χ1v) is 3.85. The lowest BCUT2D eigenvalue weighted by Gasteiger charge is -2.17. The lowest BCUT2D eigenvalue weighted by molar-refractivity contribution is 0.0772. The van der Waals surface area contributed by atoms with Crippen LogP contribution in [0.15, 0.2) is 23.0 Å². The molecule has 0 aliphatic carbocycles. The Morgan fingerprint density at radius 3 is 2.92 bits per heavy atom. The van der Waals surface area contributed by atoms with Gasteiger partial charge in [-0.25, -0.2) is 0 Å². The zero-order valence-corrected chi connectivity index (χ0v) is 7.52. The quantitative estimate of drug-likeness (QED) is 0.685. The minimum atomic E-state index is -0.428. The summed E-state index contributed by atoms with van der Waals surface area (Å²) in [6, 6.07) is 3.13. The normalized spacial score (nSPS) is 11.8. The number of rotatable bonds is 2. The molecule has 0 aromatic carbocycles. The van der Waals surface area contributed by atoms with Crippen LogP contribution in [0.25, 0.3) is 0 Å².